The van der Waals surface area contributed by atoms with E-state index in [9.17, 15) is 0 Å². The van der Waals surface area contributed by atoms with Crippen LogP contribution in [0.15, 0.2) is 18.2 Å². The van der Waals surface area contributed by atoms with Gasteiger partial charge in [-0.2, -0.15) is 0 Å². The number of aryl methyl sites for hydroxylation is 2. The molecule has 1 saturated carbocycles. The van der Waals surface area contributed by atoms with E-state index in [0.717, 1.165) is 18.4 Å². The Morgan fingerprint density at radius 2 is 1.94 bits per heavy atom. The zero-order chi connectivity index (χ0) is 12.3. The Kier molecular flexibility index (Phi) is 4.22. The third-order valence-electron chi connectivity index (χ3n) is 4.33. The SMILES string of the molecule is Cc1ccc(CC2CCCC2CCN)c(C)c1. The van der Waals surface area contributed by atoms with Crippen LogP contribution in [0.4, 0.5) is 0 Å². The monoisotopic (exact) mass is 231 g/mol. The highest BCUT2D eigenvalue weighted by atomic mass is 14.5. The molecule has 1 aliphatic rings. The number of hydrogen-bond acceptors (Lipinski definition) is 1. The maximum Gasteiger partial charge on any atom is -0.00745 e. The lowest BCUT2D eigenvalue weighted by Gasteiger charge is -2.20. The second-order valence-corrected chi connectivity index (χ2v) is 5.66. The summed E-state index contributed by atoms with van der Waals surface area (Å²) in [6.45, 7) is 5.27. The van der Waals surface area contributed by atoms with Crippen LogP contribution in [0.3, 0.4) is 0 Å². The zero-order valence-electron chi connectivity index (χ0n) is 11.2. The van der Waals surface area contributed by atoms with Gasteiger partial charge in [-0.15, -0.1) is 0 Å². The molecule has 0 radical (unpaired) electrons. The average molecular weight is 231 g/mol. The van der Waals surface area contributed by atoms with Crippen molar-refractivity contribution in [2.24, 2.45) is 17.6 Å². The normalized spacial score (nSPS) is 24.2. The van der Waals surface area contributed by atoms with Crippen LogP contribution in [0.1, 0.15) is 42.4 Å². The number of benzene rings is 1. The van der Waals surface area contributed by atoms with E-state index in [-0.39, 0.29) is 0 Å². The van der Waals surface area contributed by atoms with E-state index in [1.54, 1.807) is 5.56 Å². The molecule has 2 unspecified atom stereocenters. The van der Waals surface area contributed by atoms with Crippen molar-refractivity contribution in [2.75, 3.05) is 6.54 Å². The summed E-state index contributed by atoms with van der Waals surface area (Å²) in [6.07, 6.45) is 6.68. The van der Waals surface area contributed by atoms with Gasteiger partial charge in [0.15, 0.2) is 0 Å². The molecular formula is C16H25N. The van der Waals surface area contributed by atoms with Crippen LogP contribution in [0, 0.1) is 25.7 Å². The van der Waals surface area contributed by atoms with Crippen molar-refractivity contribution >= 4 is 0 Å². The lowest BCUT2D eigenvalue weighted by molar-refractivity contribution is 0.366. The Labute approximate surface area is 105 Å². The van der Waals surface area contributed by atoms with E-state index in [0.29, 0.717) is 0 Å². The zero-order valence-corrected chi connectivity index (χ0v) is 11.2. The smallest absolute Gasteiger partial charge is 0.00745 e. The number of hydrogen-bond donors (Lipinski definition) is 1. The van der Waals surface area contributed by atoms with Crippen molar-refractivity contribution < 1.29 is 0 Å². The Hall–Kier alpha value is -0.820. The van der Waals surface area contributed by atoms with Gasteiger partial charge in [0, 0.05) is 0 Å². The topological polar surface area (TPSA) is 26.0 Å². The maximum absolute atomic E-state index is 5.71. The molecule has 2 N–H and O–H groups in total. The van der Waals surface area contributed by atoms with Gasteiger partial charge in [-0.25, -0.2) is 0 Å². The summed E-state index contributed by atoms with van der Waals surface area (Å²) in [5.74, 6) is 1.75. The molecule has 0 aliphatic heterocycles. The molecule has 1 aromatic carbocycles. The van der Waals surface area contributed by atoms with Gasteiger partial charge >= 0.3 is 0 Å². The quantitative estimate of drug-likeness (QED) is 0.841. The van der Waals surface area contributed by atoms with E-state index in [1.165, 1.54) is 43.2 Å². The molecule has 2 rings (SSSR count). The van der Waals surface area contributed by atoms with Crippen molar-refractivity contribution in [3.05, 3.63) is 34.9 Å². The molecule has 1 aliphatic carbocycles. The van der Waals surface area contributed by atoms with Crippen LogP contribution >= 0.6 is 0 Å². The van der Waals surface area contributed by atoms with Crippen molar-refractivity contribution in [2.45, 2.75) is 46.0 Å². The van der Waals surface area contributed by atoms with Crippen molar-refractivity contribution in [1.82, 2.24) is 0 Å². The largest absolute Gasteiger partial charge is 0.330 e. The minimum absolute atomic E-state index is 0.855. The lowest BCUT2D eigenvalue weighted by Crippen LogP contribution is -2.15. The van der Waals surface area contributed by atoms with Crippen LogP contribution in [-0.2, 0) is 6.42 Å². The summed E-state index contributed by atoms with van der Waals surface area (Å²) < 4.78 is 0. The summed E-state index contributed by atoms with van der Waals surface area (Å²) in [5, 5.41) is 0. The summed E-state index contributed by atoms with van der Waals surface area (Å²) in [7, 11) is 0. The molecule has 1 heteroatoms. The van der Waals surface area contributed by atoms with Gasteiger partial charge < -0.3 is 5.73 Å². The van der Waals surface area contributed by atoms with Crippen molar-refractivity contribution in [3.63, 3.8) is 0 Å². The maximum atomic E-state index is 5.71. The van der Waals surface area contributed by atoms with E-state index >= 15 is 0 Å². The first-order valence-electron chi connectivity index (χ1n) is 6.97. The van der Waals surface area contributed by atoms with Crippen LogP contribution in [0.25, 0.3) is 0 Å². The van der Waals surface area contributed by atoms with Crippen molar-refractivity contribution in [1.29, 1.82) is 0 Å². The average Bonchev–Trinajstić information content (AvgIpc) is 2.71. The van der Waals surface area contributed by atoms with Gasteiger partial charge in [0.05, 0.1) is 0 Å². The third-order valence-corrected chi connectivity index (χ3v) is 4.33. The van der Waals surface area contributed by atoms with Gasteiger partial charge in [0.25, 0.3) is 0 Å². The predicted molar refractivity (Wildman–Crippen MR) is 74.1 cm³/mol. The van der Waals surface area contributed by atoms with Crippen LogP contribution in [-0.4, -0.2) is 6.54 Å². The van der Waals surface area contributed by atoms with Crippen LogP contribution < -0.4 is 5.73 Å². The Bertz CT molecular complexity index is 370. The first-order valence-corrected chi connectivity index (χ1v) is 6.97. The Morgan fingerprint density at radius 1 is 1.18 bits per heavy atom. The van der Waals surface area contributed by atoms with Crippen LogP contribution in [0.2, 0.25) is 0 Å². The molecule has 0 bridgehead atoms. The van der Waals surface area contributed by atoms with Gasteiger partial charge in [0.2, 0.25) is 0 Å². The second-order valence-electron chi connectivity index (χ2n) is 5.66. The fourth-order valence-corrected chi connectivity index (χ4v) is 3.33. The number of rotatable bonds is 4. The first kappa shape index (κ1) is 12.6. The highest BCUT2D eigenvalue weighted by molar-refractivity contribution is 5.30. The minimum atomic E-state index is 0.855. The molecule has 1 aromatic rings. The minimum Gasteiger partial charge on any atom is -0.330 e. The summed E-state index contributed by atoms with van der Waals surface area (Å²) in [5.41, 5.74) is 10.1. The Morgan fingerprint density at radius 3 is 2.65 bits per heavy atom. The van der Waals surface area contributed by atoms with Gasteiger partial charge in [-0.3, -0.25) is 0 Å². The predicted octanol–water partition coefficient (Wildman–Crippen LogP) is 3.61. The molecule has 94 valence electrons. The number of nitrogens with two attached hydrogens (primary N) is 1. The molecule has 0 aromatic heterocycles. The highest BCUT2D eigenvalue weighted by Gasteiger charge is 2.26. The molecular weight excluding hydrogens is 206 g/mol. The second kappa shape index (κ2) is 5.68. The van der Waals surface area contributed by atoms with Crippen molar-refractivity contribution in [3.8, 4) is 0 Å². The van der Waals surface area contributed by atoms with Gasteiger partial charge in [0.1, 0.15) is 0 Å². The summed E-state index contributed by atoms with van der Waals surface area (Å²) in [6, 6.07) is 6.87. The molecule has 17 heavy (non-hydrogen) atoms. The third kappa shape index (κ3) is 3.10. The highest BCUT2D eigenvalue weighted by Crippen LogP contribution is 2.36. The molecule has 0 amide bonds. The first-order chi connectivity index (χ1) is 8.20. The van der Waals surface area contributed by atoms with Gasteiger partial charge in [-0.05, 0) is 62.6 Å². The standard InChI is InChI=1S/C16H25N/c1-12-6-7-15(13(2)10-12)11-16-5-3-4-14(16)8-9-17/h6-7,10,14,16H,3-5,8-9,11,17H2,1-2H3. The van der Waals surface area contributed by atoms with E-state index in [2.05, 4.69) is 32.0 Å². The van der Waals surface area contributed by atoms with Gasteiger partial charge in [-0.1, -0.05) is 36.6 Å². The summed E-state index contributed by atoms with van der Waals surface area (Å²) >= 11 is 0. The molecule has 0 saturated heterocycles. The fraction of sp³-hybridized carbons (Fsp3) is 0.625. The molecule has 1 nitrogen and oxygen atoms in total. The fourth-order valence-electron chi connectivity index (χ4n) is 3.33. The molecule has 1 fully saturated rings. The van der Waals surface area contributed by atoms with Crippen LogP contribution in [0.5, 0.6) is 0 Å². The molecule has 0 spiro atoms. The Balaban J connectivity index is 2.04. The molecule has 0 heterocycles. The van der Waals surface area contributed by atoms with E-state index in [4.69, 9.17) is 5.73 Å². The van der Waals surface area contributed by atoms with E-state index in [1.807, 2.05) is 0 Å². The van der Waals surface area contributed by atoms with E-state index < -0.39 is 0 Å². The molecule has 2 atom stereocenters. The summed E-state index contributed by atoms with van der Waals surface area (Å²) in [4.78, 5) is 0. The lowest BCUT2D eigenvalue weighted by atomic mass is 9.86.